The summed E-state index contributed by atoms with van der Waals surface area (Å²) < 4.78 is 11.5. The number of piperidine rings is 1. The van der Waals surface area contributed by atoms with Crippen LogP contribution in [0.4, 0.5) is 0 Å². The average Bonchev–Trinajstić information content (AvgIpc) is 3.17. The Morgan fingerprint density at radius 2 is 2.06 bits per heavy atom. The Morgan fingerprint density at radius 3 is 2.94 bits per heavy atom. The molecule has 0 radical (unpaired) electrons. The van der Waals surface area contributed by atoms with E-state index in [4.69, 9.17) is 9.15 Å². The Balaban J connectivity index is 1.37. The van der Waals surface area contributed by atoms with E-state index in [2.05, 4.69) is 4.98 Å². The first kappa shape index (κ1) is 21.4. The zero-order valence-corrected chi connectivity index (χ0v) is 18.2. The van der Waals surface area contributed by atoms with Crippen molar-refractivity contribution in [1.82, 2.24) is 14.8 Å². The molecule has 7 nitrogen and oxygen atoms in total. The van der Waals surface area contributed by atoms with Crippen LogP contribution >= 0.6 is 0 Å². The van der Waals surface area contributed by atoms with Crippen molar-refractivity contribution in [2.45, 2.75) is 50.9 Å². The molecule has 2 fully saturated rings. The van der Waals surface area contributed by atoms with Crippen molar-refractivity contribution >= 4 is 11.8 Å². The van der Waals surface area contributed by atoms with Crippen LogP contribution in [0.25, 0.3) is 0 Å². The fraction of sp³-hybridized carbons (Fsp3) is 0.542. The highest BCUT2D eigenvalue weighted by atomic mass is 16.5. The molecule has 7 heteroatoms. The molecule has 2 saturated heterocycles. The van der Waals surface area contributed by atoms with Crippen molar-refractivity contribution in [2.24, 2.45) is 0 Å². The molecule has 0 N–H and O–H groups in total. The lowest BCUT2D eigenvalue weighted by atomic mass is 9.98. The van der Waals surface area contributed by atoms with Crippen LogP contribution in [0, 0.1) is 0 Å². The van der Waals surface area contributed by atoms with Crippen LogP contribution in [0.3, 0.4) is 0 Å². The number of ether oxygens (including phenoxy) is 1. The minimum absolute atomic E-state index is 0.0285. The molecule has 1 aromatic heterocycles. The molecule has 4 rings (SSSR count). The minimum Gasteiger partial charge on any atom is -0.496 e. The molecule has 0 spiro atoms. The topological polar surface area (TPSA) is 75.9 Å². The van der Waals surface area contributed by atoms with Gasteiger partial charge in [0.2, 0.25) is 11.8 Å². The molecule has 31 heavy (non-hydrogen) atoms. The molecule has 166 valence electrons. The van der Waals surface area contributed by atoms with E-state index in [9.17, 15) is 9.59 Å². The fourth-order valence-electron chi connectivity index (χ4n) is 4.50. The average molecular weight is 426 g/mol. The van der Waals surface area contributed by atoms with Gasteiger partial charge >= 0.3 is 0 Å². The van der Waals surface area contributed by atoms with Gasteiger partial charge in [0, 0.05) is 38.0 Å². The van der Waals surface area contributed by atoms with Gasteiger partial charge in [-0.15, -0.1) is 0 Å². The number of aromatic nitrogens is 1. The number of oxazole rings is 1. The van der Waals surface area contributed by atoms with Gasteiger partial charge in [0.05, 0.1) is 25.8 Å². The summed E-state index contributed by atoms with van der Waals surface area (Å²) in [4.78, 5) is 33.2. The molecule has 0 bridgehead atoms. The van der Waals surface area contributed by atoms with Crippen LogP contribution in [0.15, 0.2) is 34.9 Å². The summed E-state index contributed by atoms with van der Waals surface area (Å²) in [6.07, 6.45) is 7.77. The third-order valence-electron chi connectivity index (χ3n) is 6.25. The van der Waals surface area contributed by atoms with Crippen LogP contribution in [-0.4, -0.2) is 59.9 Å². The van der Waals surface area contributed by atoms with Gasteiger partial charge in [-0.2, -0.15) is 0 Å². The van der Waals surface area contributed by atoms with Gasteiger partial charge in [0.25, 0.3) is 0 Å². The number of carbonyl (C=O) groups is 2. The molecule has 0 saturated carbocycles. The lowest BCUT2D eigenvalue weighted by Crippen LogP contribution is -2.46. The number of rotatable bonds is 6. The second-order valence-corrected chi connectivity index (χ2v) is 8.46. The Bertz CT molecular complexity index is 910. The second kappa shape index (κ2) is 9.98. The highest BCUT2D eigenvalue weighted by Gasteiger charge is 2.29. The van der Waals surface area contributed by atoms with Gasteiger partial charge in [-0.1, -0.05) is 24.6 Å². The van der Waals surface area contributed by atoms with Crippen molar-refractivity contribution in [3.05, 3.63) is 47.7 Å². The van der Waals surface area contributed by atoms with Gasteiger partial charge in [-0.05, 0) is 31.7 Å². The number of hydrogen-bond acceptors (Lipinski definition) is 5. The molecule has 2 aromatic rings. The largest absolute Gasteiger partial charge is 0.496 e. The van der Waals surface area contributed by atoms with E-state index in [0.29, 0.717) is 31.8 Å². The van der Waals surface area contributed by atoms with Crippen molar-refractivity contribution in [1.29, 1.82) is 0 Å². The van der Waals surface area contributed by atoms with Crippen LogP contribution in [0.2, 0.25) is 0 Å². The SMILES string of the molecule is COc1ccccc1Cc1cnc([C@H]2CCCN(C(=O)CN3CCCCCC3=O)C2)o1. The summed E-state index contributed by atoms with van der Waals surface area (Å²) >= 11 is 0. The summed E-state index contributed by atoms with van der Waals surface area (Å²) in [5.74, 6) is 2.53. The summed E-state index contributed by atoms with van der Waals surface area (Å²) in [7, 11) is 1.66. The monoisotopic (exact) mass is 425 g/mol. The fourth-order valence-corrected chi connectivity index (χ4v) is 4.50. The van der Waals surface area contributed by atoms with Crippen molar-refractivity contribution in [2.75, 3.05) is 33.3 Å². The van der Waals surface area contributed by atoms with Crippen LogP contribution < -0.4 is 4.74 Å². The van der Waals surface area contributed by atoms with Crippen LogP contribution in [0.5, 0.6) is 5.75 Å². The predicted molar refractivity (Wildman–Crippen MR) is 116 cm³/mol. The molecule has 2 aliphatic rings. The maximum Gasteiger partial charge on any atom is 0.242 e. The second-order valence-electron chi connectivity index (χ2n) is 8.46. The quantitative estimate of drug-likeness (QED) is 0.709. The van der Waals surface area contributed by atoms with Crippen molar-refractivity contribution in [3.63, 3.8) is 0 Å². The van der Waals surface area contributed by atoms with E-state index in [1.807, 2.05) is 29.2 Å². The molecule has 1 aromatic carbocycles. The van der Waals surface area contributed by atoms with E-state index >= 15 is 0 Å². The number of para-hydroxylation sites is 1. The highest BCUT2D eigenvalue weighted by molar-refractivity contribution is 5.85. The highest BCUT2D eigenvalue weighted by Crippen LogP contribution is 2.28. The maximum atomic E-state index is 12.9. The molecular formula is C24H31N3O4. The summed E-state index contributed by atoms with van der Waals surface area (Å²) in [5.41, 5.74) is 1.05. The first-order valence-electron chi connectivity index (χ1n) is 11.3. The lowest BCUT2D eigenvalue weighted by molar-refractivity contribution is -0.141. The Kier molecular flexibility index (Phi) is 6.89. The van der Waals surface area contributed by atoms with Gasteiger partial charge in [-0.25, -0.2) is 4.98 Å². The molecule has 2 aliphatic heterocycles. The van der Waals surface area contributed by atoms with Gasteiger partial charge in [0.15, 0.2) is 5.89 Å². The number of likely N-dealkylation sites (tertiary alicyclic amines) is 2. The number of nitrogens with zero attached hydrogens (tertiary/aromatic N) is 3. The molecule has 1 atom stereocenters. The first-order valence-corrected chi connectivity index (χ1v) is 11.3. The molecule has 3 heterocycles. The van der Waals surface area contributed by atoms with E-state index in [0.717, 1.165) is 55.7 Å². The van der Waals surface area contributed by atoms with Crippen molar-refractivity contribution < 1.29 is 18.7 Å². The third-order valence-corrected chi connectivity index (χ3v) is 6.25. The number of methoxy groups -OCH3 is 1. The zero-order chi connectivity index (χ0) is 21.6. The number of benzene rings is 1. The first-order chi connectivity index (χ1) is 15.1. The van der Waals surface area contributed by atoms with Crippen molar-refractivity contribution in [3.8, 4) is 5.75 Å². The smallest absolute Gasteiger partial charge is 0.242 e. The normalized spacial score (nSPS) is 19.9. The predicted octanol–water partition coefficient (Wildman–Crippen LogP) is 3.38. The summed E-state index contributed by atoms with van der Waals surface area (Å²) in [6, 6.07) is 7.88. The van der Waals surface area contributed by atoms with E-state index in [-0.39, 0.29) is 24.3 Å². The zero-order valence-electron chi connectivity index (χ0n) is 18.2. The number of hydrogen-bond donors (Lipinski definition) is 0. The third kappa shape index (κ3) is 5.27. The Morgan fingerprint density at radius 1 is 1.19 bits per heavy atom. The molecule has 0 aliphatic carbocycles. The van der Waals surface area contributed by atoms with E-state index < -0.39 is 0 Å². The van der Waals surface area contributed by atoms with Gasteiger partial charge < -0.3 is 19.0 Å². The summed E-state index contributed by atoms with van der Waals surface area (Å²) in [6.45, 7) is 2.20. The standard InChI is InChI=1S/C24H31N3O4/c1-30-21-10-5-4-8-18(21)14-20-15-25-24(31-20)19-9-7-13-26(16-19)23(29)17-27-12-6-2-3-11-22(27)28/h4-5,8,10,15,19H,2-3,6-7,9,11-14,16-17H2,1H3/t19-/m0/s1. The van der Waals surface area contributed by atoms with Gasteiger partial charge in [0.1, 0.15) is 11.5 Å². The maximum absolute atomic E-state index is 12.9. The van der Waals surface area contributed by atoms with E-state index in [1.165, 1.54) is 0 Å². The Hall–Kier alpha value is -2.83. The molecule has 0 unspecified atom stereocenters. The Labute approximate surface area is 183 Å². The van der Waals surface area contributed by atoms with E-state index in [1.54, 1.807) is 18.2 Å². The minimum atomic E-state index is 0.0285. The number of amides is 2. The van der Waals surface area contributed by atoms with Crippen LogP contribution in [0.1, 0.15) is 61.7 Å². The summed E-state index contributed by atoms with van der Waals surface area (Å²) in [5, 5.41) is 0. The van der Waals surface area contributed by atoms with Gasteiger partial charge in [-0.3, -0.25) is 9.59 Å². The lowest BCUT2D eigenvalue weighted by Gasteiger charge is -2.33. The van der Waals surface area contributed by atoms with Crippen LogP contribution in [-0.2, 0) is 16.0 Å². The number of carbonyl (C=O) groups excluding carboxylic acids is 2. The molecule has 2 amide bonds. The molecular weight excluding hydrogens is 394 g/mol.